The molecular weight excluding hydrogens is 224 g/mol. The second-order valence-corrected chi connectivity index (χ2v) is 5.25. The van der Waals surface area contributed by atoms with E-state index in [9.17, 15) is 4.79 Å². The van der Waals surface area contributed by atoms with Crippen molar-refractivity contribution in [2.45, 2.75) is 32.7 Å². The molecule has 1 aliphatic rings. The molecule has 0 aliphatic carbocycles. The largest absolute Gasteiger partial charge is 0.444 e. The van der Waals surface area contributed by atoms with Crippen LogP contribution in [0.5, 0.6) is 0 Å². The number of hydrogen-bond acceptors (Lipinski definition) is 5. The molecule has 0 unspecified atom stereocenters. The van der Waals surface area contributed by atoms with Crippen molar-refractivity contribution in [2.75, 3.05) is 32.7 Å². The molecule has 100 valence electrons. The summed E-state index contributed by atoms with van der Waals surface area (Å²) in [5, 5.41) is 17.7. The van der Waals surface area contributed by atoms with Crippen molar-refractivity contribution in [3.8, 4) is 0 Å². The number of nitrogens with zero attached hydrogens (tertiary/aromatic N) is 2. The molecule has 0 atom stereocenters. The van der Waals surface area contributed by atoms with Gasteiger partial charge in [-0.2, -0.15) is 0 Å². The van der Waals surface area contributed by atoms with Gasteiger partial charge >= 0.3 is 6.09 Å². The zero-order chi connectivity index (χ0) is 13.1. The fraction of sp³-hybridized carbons (Fsp3) is 0.909. The molecule has 0 aromatic heterocycles. The summed E-state index contributed by atoms with van der Waals surface area (Å²) in [5.74, 6) is 0. The Hall–Kier alpha value is -0.850. The molecule has 0 aromatic carbocycles. The molecule has 0 saturated carbocycles. The maximum absolute atomic E-state index is 11.7. The third-order valence-corrected chi connectivity index (χ3v) is 2.45. The fourth-order valence-electron chi connectivity index (χ4n) is 1.67. The highest BCUT2D eigenvalue weighted by Crippen LogP contribution is 2.11. The van der Waals surface area contributed by atoms with E-state index in [2.05, 4.69) is 0 Å². The first-order chi connectivity index (χ1) is 7.78. The summed E-state index contributed by atoms with van der Waals surface area (Å²) in [6.07, 6.45) is -1.62. The van der Waals surface area contributed by atoms with Crippen LogP contribution in [0.4, 0.5) is 4.79 Å². The van der Waals surface area contributed by atoms with Gasteiger partial charge in [0.1, 0.15) is 5.60 Å². The molecule has 1 amide bonds. The van der Waals surface area contributed by atoms with E-state index < -0.39 is 11.9 Å². The molecule has 1 aliphatic heterocycles. The van der Waals surface area contributed by atoms with E-state index in [0.717, 1.165) is 0 Å². The van der Waals surface area contributed by atoms with Gasteiger partial charge in [0.25, 0.3) is 0 Å². The van der Waals surface area contributed by atoms with Crippen LogP contribution in [-0.2, 0) is 4.74 Å². The van der Waals surface area contributed by atoms with Crippen molar-refractivity contribution in [1.29, 1.82) is 0 Å². The summed E-state index contributed by atoms with van der Waals surface area (Å²) in [6, 6.07) is 0. The Bertz CT molecular complexity index is 255. The topological polar surface area (TPSA) is 73.2 Å². The number of carbonyl (C=O) groups excluding carboxylic acids is 1. The van der Waals surface area contributed by atoms with Gasteiger partial charge in [0, 0.05) is 32.7 Å². The van der Waals surface area contributed by atoms with Gasteiger partial charge in [0.15, 0.2) is 6.29 Å². The average molecular weight is 246 g/mol. The van der Waals surface area contributed by atoms with E-state index in [1.165, 1.54) is 0 Å². The maximum atomic E-state index is 11.7. The lowest BCUT2D eigenvalue weighted by molar-refractivity contribution is -0.0674. The first-order valence-corrected chi connectivity index (χ1v) is 5.84. The molecule has 6 nitrogen and oxygen atoms in total. The van der Waals surface area contributed by atoms with Crippen LogP contribution in [-0.4, -0.2) is 70.7 Å². The molecule has 17 heavy (non-hydrogen) atoms. The number of hydrogen-bond donors (Lipinski definition) is 2. The van der Waals surface area contributed by atoms with Gasteiger partial charge in [-0.15, -0.1) is 0 Å². The lowest BCUT2D eigenvalue weighted by atomic mass is 10.2. The van der Waals surface area contributed by atoms with Crippen molar-refractivity contribution in [2.24, 2.45) is 0 Å². The molecule has 0 bridgehead atoms. The summed E-state index contributed by atoms with van der Waals surface area (Å²) in [5.41, 5.74) is -0.477. The van der Waals surface area contributed by atoms with Crippen LogP contribution in [0.1, 0.15) is 20.8 Å². The number of aliphatic hydroxyl groups excluding tert-OH is 1. The molecular formula is C11H22N2O4. The molecule has 0 spiro atoms. The molecule has 1 saturated heterocycles. The van der Waals surface area contributed by atoms with E-state index in [4.69, 9.17) is 14.9 Å². The number of piperazine rings is 1. The quantitative estimate of drug-likeness (QED) is 0.663. The summed E-state index contributed by atoms with van der Waals surface area (Å²) in [6.45, 7) is 8.12. The zero-order valence-corrected chi connectivity index (χ0v) is 10.7. The average Bonchev–Trinajstić information content (AvgIpc) is 2.15. The Labute approximate surface area is 102 Å². The van der Waals surface area contributed by atoms with Crippen LogP contribution in [0.15, 0.2) is 0 Å². The summed E-state index contributed by atoms with van der Waals surface area (Å²) in [4.78, 5) is 15.3. The maximum Gasteiger partial charge on any atom is 0.410 e. The van der Waals surface area contributed by atoms with Gasteiger partial charge in [0.05, 0.1) is 0 Å². The number of rotatable bonds is 2. The zero-order valence-electron chi connectivity index (χ0n) is 10.7. The van der Waals surface area contributed by atoms with Gasteiger partial charge < -0.3 is 19.8 Å². The normalized spacial score (nSPS) is 18.6. The predicted octanol–water partition coefficient (Wildman–Crippen LogP) is -0.150. The Morgan fingerprint density at radius 1 is 1.24 bits per heavy atom. The molecule has 0 radical (unpaired) electrons. The van der Waals surface area contributed by atoms with Gasteiger partial charge in [-0.3, -0.25) is 4.90 Å². The van der Waals surface area contributed by atoms with E-state index in [1.807, 2.05) is 25.7 Å². The molecule has 2 N–H and O–H groups in total. The lowest BCUT2D eigenvalue weighted by Crippen LogP contribution is -2.51. The predicted molar refractivity (Wildman–Crippen MR) is 62.5 cm³/mol. The summed E-state index contributed by atoms with van der Waals surface area (Å²) < 4.78 is 5.26. The Kier molecular flexibility index (Phi) is 4.73. The Morgan fingerprint density at radius 2 is 1.76 bits per heavy atom. The second-order valence-electron chi connectivity index (χ2n) is 5.25. The highest BCUT2D eigenvalue weighted by atomic mass is 16.6. The number of carbonyl (C=O) groups is 1. The molecule has 1 fully saturated rings. The van der Waals surface area contributed by atoms with Crippen molar-refractivity contribution < 1.29 is 19.7 Å². The van der Waals surface area contributed by atoms with Crippen LogP contribution in [0, 0.1) is 0 Å². The van der Waals surface area contributed by atoms with E-state index in [1.54, 1.807) is 4.90 Å². The van der Waals surface area contributed by atoms with E-state index >= 15 is 0 Å². The summed E-state index contributed by atoms with van der Waals surface area (Å²) in [7, 11) is 0. The van der Waals surface area contributed by atoms with Crippen molar-refractivity contribution in [3.63, 3.8) is 0 Å². The van der Waals surface area contributed by atoms with E-state index in [0.29, 0.717) is 26.2 Å². The monoisotopic (exact) mass is 246 g/mol. The van der Waals surface area contributed by atoms with Crippen molar-refractivity contribution in [1.82, 2.24) is 9.80 Å². The van der Waals surface area contributed by atoms with Crippen molar-refractivity contribution >= 4 is 6.09 Å². The van der Waals surface area contributed by atoms with E-state index in [-0.39, 0.29) is 12.6 Å². The fourth-order valence-corrected chi connectivity index (χ4v) is 1.67. The van der Waals surface area contributed by atoms with Crippen molar-refractivity contribution in [3.05, 3.63) is 0 Å². The number of β-amino-alcohol motifs (C(OH)–C–C–N with tert-alkyl or cyclic N) is 2. The SMILES string of the molecule is CC(C)(C)OC(=O)N1CCN(CC(O)O)CC1. The van der Waals surface area contributed by atoms with Crippen LogP contribution in [0.3, 0.4) is 0 Å². The lowest BCUT2D eigenvalue weighted by Gasteiger charge is -2.35. The van der Waals surface area contributed by atoms with Gasteiger partial charge in [-0.25, -0.2) is 4.79 Å². The molecule has 6 heteroatoms. The molecule has 1 rings (SSSR count). The second kappa shape index (κ2) is 5.66. The third kappa shape index (κ3) is 5.34. The number of amides is 1. The third-order valence-electron chi connectivity index (χ3n) is 2.45. The first-order valence-electron chi connectivity index (χ1n) is 5.84. The standard InChI is InChI=1S/C11H22N2O4/c1-11(2,3)17-10(16)13-6-4-12(5-7-13)8-9(14)15/h9,14-15H,4-8H2,1-3H3. The highest BCUT2D eigenvalue weighted by molar-refractivity contribution is 5.68. The minimum atomic E-state index is -1.32. The minimum absolute atomic E-state index is 0.224. The Balaban J connectivity index is 2.34. The van der Waals surface area contributed by atoms with Crippen LogP contribution in [0.25, 0.3) is 0 Å². The highest BCUT2D eigenvalue weighted by Gasteiger charge is 2.26. The number of aliphatic hydroxyl groups is 2. The smallest absolute Gasteiger partial charge is 0.410 e. The van der Waals surface area contributed by atoms with Crippen LogP contribution in [0.2, 0.25) is 0 Å². The minimum Gasteiger partial charge on any atom is -0.444 e. The molecule has 1 heterocycles. The first kappa shape index (κ1) is 14.2. The van der Waals surface area contributed by atoms with Gasteiger partial charge in [-0.1, -0.05) is 0 Å². The van der Waals surface area contributed by atoms with Crippen LogP contribution < -0.4 is 0 Å². The summed E-state index contributed by atoms with van der Waals surface area (Å²) >= 11 is 0. The van der Waals surface area contributed by atoms with Gasteiger partial charge in [0.2, 0.25) is 0 Å². The molecule has 0 aromatic rings. The van der Waals surface area contributed by atoms with Gasteiger partial charge in [-0.05, 0) is 20.8 Å². The van der Waals surface area contributed by atoms with Crippen LogP contribution >= 0.6 is 0 Å². The number of ether oxygens (including phenoxy) is 1. The Morgan fingerprint density at radius 3 is 2.18 bits per heavy atom.